The predicted molar refractivity (Wildman–Crippen MR) is 135 cm³/mol. The normalized spacial score (nSPS) is 19.7. The van der Waals surface area contributed by atoms with Gasteiger partial charge in [0.2, 0.25) is 0 Å². The summed E-state index contributed by atoms with van der Waals surface area (Å²) in [7, 11) is 0. The second-order valence-corrected chi connectivity index (χ2v) is 10.2. The van der Waals surface area contributed by atoms with Gasteiger partial charge in [0.15, 0.2) is 5.75 Å². The molecule has 2 heterocycles. The summed E-state index contributed by atoms with van der Waals surface area (Å²) in [5, 5.41) is 13.0. The van der Waals surface area contributed by atoms with Crippen LogP contribution in [0.4, 0.5) is 23.7 Å². The van der Waals surface area contributed by atoms with Gasteiger partial charge in [0, 0.05) is 12.5 Å². The highest BCUT2D eigenvalue weighted by molar-refractivity contribution is 6.02. The number of benzene rings is 2. The number of anilines is 1. The van der Waals surface area contributed by atoms with Crippen molar-refractivity contribution >= 4 is 17.7 Å². The minimum Gasteiger partial charge on any atom is -0.465 e. The number of halogens is 3. The molecule has 0 aliphatic carbocycles. The number of hydrogen-bond acceptors (Lipinski definition) is 4. The molecule has 0 saturated carbocycles. The van der Waals surface area contributed by atoms with Crippen LogP contribution in [0.2, 0.25) is 0 Å². The summed E-state index contributed by atoms with van der Waals surface area (Å²) in [5.41, 5.74) is -2.07. The number of rotatable bonds is 5. The van der Waals surface area contributed by atoms with Crippen molar-refractivity contribution in [2.24, 2.45) is 5.41 Å². The third-order valence-electron chi connectivity index (χ3n) is 6.91. The van der Waals surface area contributed by atoms with Crippen molar-refractivity contribution in [1.29, 1.82) is 0 Å². The number of nitrogens with zero attached hydrogens (tertiary/aromatic N) is 2. The van der Waals surface area contributed by atoms with E-state index in [1.165, 1.54) is 4.90 Å². The second-order valence-electron chi connectivity index (χ2n) is 10.2. The van der Waals surface area contributed by atoms with Crippen LogP contribution in [0, 0.1) is 5.41 Å². The van der Waals surface area contributed by atoms with E-state index in [-0.39, 0.29) is 36.1 Å². The zero-order valence-corrected chi connectivity index (χ0v) is 21.1. The van der Waals surface area contributed by atoms with Crippen LogP contribution in [0.15, 0.2) is 72.9 Å². The molecule has 1 aliphatic heterocycles. The van der Waals surface area contributed by atoms with Crippen LogP contribution in [-0.4, -0.2) is 39.1 Å². The number of carbonyl (C=O) groups excluding carboxylic acids is 1. The van der Waals surface area contributed by atoms with Gasteiger partial charge in [-0.25, -0.2) is 9.78 Å². The minimum absolute atomic E-state index is 0.0439. The first kappa shape index (κ1) is 27.0. The summed E-state index contributed by atoms with van der Waals surface area (Å²) < 4.78 is 44.3. The molecule has 3 aromatic rings. The van der Waals surface area contributed by atoms with E-state index in [4.69, 9.17) is 4.74 Å². The number of alkyl halides is 3. The summed E-state index contributed by atoms with van der Waals surface area (Å²) in [6.45, 7) is 5.63. The number of para-hydroxylation sites is 2. The molecule has 2 unspecified atom stereocenters. The highest BCUT2D eigenvalue weighted by Gasteiger charge is 2.60. The Morgan fingerprint density at radius 3 is 2.26 bits per heavy atom. The van der Waals surface area contributed by atoms with Crippen molar-refractivity contribution in [2.75, 3.05) is 11.9 Å². The largest absolute Gasteiger partial charge is 0.465 e. The molecule has 200 valence electrons. The molecule has 0 bridgehead atoms. The Labute approximate surface area is 218 Å². The third-order valence-corrected chi connectivity index (χ3v) is 6.91. The standard InChI is InChI=1S/C28H28F3N3O4/c1-26(2,3)27(15-19(17-34(27)25(36)37)18-9-5-4-6-10-18)24(35)33-21-11-7-8-12-22(21)38-20-13-14-23(32-16-20)28(29,30)31/h4-14,16,19H,15,17H2,1-3H3,(H,33,35)(H,36,37). The average Bonchev–Trinajstić information content (AvgIpc) is 3.29. The zero-order chi connectivity index (χ0) is 27.7. The molecule has 1 saturated heterocycles. The Morgan fingerprint density at radius 2 is 1.68 bits per heavy atom. The number of aromatic nitrogens is 1. The monoisotopic (exact) mass is 527 g/mol. The van der Waals surface area contributed by atoms with E-state index >= 15 is 0 Å². The number of hydrogen-bond donors (Lipinski definition) is 2. The maximum absolute atomic E-state index is 14.0. The summed E-state index contributed by atoms with van der Waals surface area (Å²) in [5.74, 6) is -0.497. The highest BCUT2D eigenvalue weighted by atomic mass is 19.4. The summed E-state index contributed by atoms with van der Waals surface area (Å²) in [4.78, 5) is 31.1. The molecule has 38 heavy (non-hydrogen) atoms. The smallest absolute Gasteiger partial charge is 0.433 e. The van der Waals surface area contributed by atoms with Crippen LogP contribution < -0.4 is 10.1 Å². The number of pyridine rings is 1. The second kappa shape index (κ2) is 10.00. The van der Waals surface area contributed by atoms with Crippen molar-refractivity contribution in [2.45, 2.75) is 44.8 Å². The van der Waals surface area contributed by atoms with Crippen LogP contribution in [0.1, 0.15) is 44.4 Å². The topological polar surface area (TPSA) is 91.8 Å². The van der Waals surface area contributed by atoms with Gasteiger partial charge in [-0.2, -0.15) is 13.2 Å². The molecule has 1 aromatic heterocycles. The Bertz CT molecular complexity index is 1310. The van der Waals surface area contributed by atoms with Gasteiger partial charge in [-0.15, -0.1) is 0 Å². The van der Waals surface area contributed by atoms with Crippen molar-refractivity contribution in [1.82, 2.24) is 9.88 Å². The van der Waals surface area contributed by atoms with Gasteiger partial charge in [0.25, 0.3) is 5.91 Å². The van der Waals surface area contributed by atoms with Gasteiger partial charge < -0.3 is 15.2 Å². The molecule has 1 aliphatic rings. The van der Waals surface area contributed by atoms with Crippen LogP contribution in [-0.2, 0) is 11.0 Å². The molecule has 2 atom stereocenters. The van der Waals surface area contributed by atoms with Gasteiger partial charge in [-0.3, -0.25) is 9.69 Å². The summed E-state index contributed by atoms with van der Waals surface area (Å²) >= 11 is 0. The molecular formula is C28H28F3N3O4. The fourth-order valence-electron chi connectivity index (χ4n) is 4.98. The average molecular weight is 528 g/mol. The Morgan fingerprint density at radius 1 is 1.03 bits per heavy atom. The number of ether oxygens (including phenoxy) is 1. The summed E-state index contributed by atoms with van der Waals surface area (Å²) in [6.07, 6.45) is -4.56. The van der Waals surface area contributed by atoms with E-state index in [1.807, 2.05) is 51.1 Å². The molecule has 1 fully saturated rings. The van der Waals surface area contributed by atoms with E-state index in [2.05, 4.69) is 10.3 Å². The first-order chi connectivity index (χ1) is 17.8. The number of carbonyl (C=O) groups is 2. The lowest BCUT2D eigenvalue weighted by Crippen LogP contribution is -2.62. The van der Waals surface area contributed by atoms with Crippen LogP contribution in [0.25, 0.3) is 0 Å². The van der Waals surface area contributed by atoms with Crippen molar-refractivity contribution in [3.8, 4) is 11.5 Å². The van der Waals surface area contributed by atoms with Crippen molar-refractivity contribution < 1.29 is 32.6 Å². The number of carboxylic acid groups (broad SMARTS) is 1. The summed E-state index contributed by atoms with van der Waals surface area (Å²) in [6, 6.07) is 17.8. The van der Waals surface area contributed by atoms with E-state index < -0.39 is 34.8 Å². The van der Waals surface area contributed by atoms with E-state index in [1.54, 1.807) is 24.3 Å². The maximum Gasteiger partial charge on any atom is 0.433 e. The molecule has 10 heteroatoms. The lowest BCUT2D eigenvalue weighted by molar-refractivity contribution is -0.141. The fourth-order valence-corrected chi connectivity index (χ4v) is 4.98. The van der Waals surface area contributed by atoms with Crippen LogP contribution >= 0.6 is 0 Å². The Hall–Kier alpha value is -4.08. The van der Waals surface area contributed by atoms with Gasteiger partial charge in [-0.1, -0.05) is 63.2 Å². The van der Waals surface area contributed by atoms with Gasteiger partial charge >= 0.3 is 12.3 Å². The van der Waals surface area contributed by atoms with E-state index in [0.29, 0.717) is 0 Å². The van der Waals surface area contributed by atoms with Crippen LogP contribution in [0.5, 0.6) is 11.5 Å². The van der Waals surface area contributed by atoms with Gasteiger partial charge in [0.1, 0.15) is 17.0 Å². The first-order valence-electron chi connectivity index (χ1n) is 12.0. The SMILES string of the molecule is CC(C)(C)C1(C(=O)Nc2ccccc2Oc2ccc(C(F)(F)F)nc2)CC(c2ccccc2)CN1C(=O)O. The van der Waals surface area contributed by atoms with E-state index in [9.17, 15) is 27.9 Å². The number of likely N-dealkylation sites (tertiary alicyclic amines) is 1. The lowest BCUT2D eigenvalue weighted by atomic mass is 9.69. The van der Waals surface area contributed by atoms with Crippen molar-refractivity contribution in [3.05, 3.63) is 84.2 Å². The predicted octanol–water partition coefficient (Wildman–Crippen LogP) is 6.78. The molecule has 2 N–H and O–H groups in total. The molecule has 2 amide bonds. The molecule has 4 rings (SSSR count). The number of nitrogens with one attached hydrogen (secondary N) is 1. The lowest BCUT2D eigenvalue weighted by Gasteiger charge is -2.45. The third kappa shape index (κ3) is 5.16. The zero-order valence-electron chi connectivity index (χ0n) is 21.1. The Balaban J connectivity index is 1.66. The molecule has 7 nitrogen and oxygen atoms in total. The maximum atomic E-state index is 14.0. The first-order valence-corrected chi connectivity index (χ1v) is 12.0. The molecule has 2 aromatic carbocycles. The molecule has 0 spiro atoms. The van der Waals surface area contributed by atoms with Crippen LogP contribution in [0.3, 0.4) is 0 Å². The van der Waals surface area contributed by atoms with Gasteiger partial charge in [0.05, 0.1) is 11.9 Å². The number of amides is 2. The fraction of sp³-hybridized carbons (Fsp3) is 0.321. The highest BCUT2D eigenvalue weighted by Crippen LogP contribution is 2.49. The van der Waals surface area contributed by atoms with E-state index in [0.717, 1.165) is 23.9 Å². The molecule has 0 radical (unpaired) electrons. The Kier molecular flexibility index (Phi) is 7.10. The van der Waals surface area contributed by atoms with Gasteiger partial charge in [-0.05, 0) is 41.7 Å². The van der Waals surface area contributed by atoms with Crippen molar-refractivity contribution in [3.63, 3.8) is 0 Å². The molecular weight excluding hydrogens is 499 g/mol. The minimum atomic E-state index is -4.58. The quantitative estimate of drug-likeness (QED) is 0.382.